The topological polar surface area (TPSA) is 67.9 Å². The minimum absolute atomic E-state index is 0.315. The summed E-state index contributed by atoms with van der Waals surface area (Å²) in [6.45, 7) is 2.35. The first-order valence-corrected chi connectivity index (χ1v) is 7.97. The van der Waals surface area contributed by atoms with Crippen LogP contribution in [0.15, 0.2) is 29.5 Å². The van der Waals surface area contributed by atoms with Gasteiger partial charge in [-0.2, -0.15) is 0 Å². The zero-order chi connectivity index (χ0) is 17.9. The van der Waals surface area contributed by atoms with Gasteiger partial charge >= 0.3 is 12.0 Å². The van der Waals surface area contributed by atoms with E-state index in [1.165, 1.54) is 12.0 Å². The molecule has 0 saturated carbocycles. The number of carbonyl (C=O) groups excluding carboxylic acids is 2. The number of methoxy groups -OCH3 is 2. The summed E-state index contributed by atoms with van der Waals surface area (Å²) in [4.78, 5) is 26.2. The Bertz CT molecular complexity index is 691. The van der Waals surface area contributed by atoms with Crippen LogP contribution in [-0.4, -0.2) is 44.3 Å². The van der Waals surface area contributed by atoms with Crippen LogP contribution in [0.5, 0.6) is 0 Å². The summed E-state index contributed by atoms with van der Waals surface area (Å²) in [5.74, 6) is -0.536. The third kappa shape index (κ3) is 3.66. The number of rotatable bonds is 5. The van der Waals surface area contributed by atoms with Crippen LogP contribution in [0.25, 0.3) is 0 Å². The first kappa shape index (κ1) is 18.6. The van der Waals surface area contributed by atoms with E-state index < -0.39 is 12.0 Å². The largest absolute Gasteiger partial charge is 0.466 e. The second kappa shape index (κ2) is 7.88. The Hall–Kier alpha value is -1.76. The van der Waals surface area contributed by atoms with E-state index in [1.807, 2.05) is 0 Å². The highest BCUT2D eigenvalue weighted by Gasteiger charge is 2.36. The van der Waals surface area contributed by atoms with E-state index in [2.05, 4.69) is 5.32 Å². The molecule has 1 heterocycles. The number of hydrogen-bond donors (Lipinski definition) is 1. The van der Waals surface area contributed by atoms with Crippen LogP contribution >= 0.6 is 23.2 Å². The van der Waals surface area contributed by atoms with Crippen molar-refractivity contribution in [2.75, 3.05) is 27.4 Å². The first-order valence-electron chi connectivity index (χ1n) is 7.21. The van der Waals surface area contributed by atoms with E-state index in [1.54, 1.807) is 32.2 Å². The lowest BCUT2D eigenvalue weighted by Gasteiger charge is -2.35. The highest BCUT2D eigenvalue weighted by atomic mass is 35.5. The molecule has 24 heavy (non-hydrogen) atoms. The second-order valence-electron chi connectivity index (χ2n) is 5.18. The molecule has 0 radical (unpaired) electrons. The molecule has 0 saturated heterocycles. The Morgan fingerprint density at radius 3 is 2.62 bits per heavy atom. The Kier molecular flexibility index (Phi) is 6.10. The summed E-state index contributed by atoms with van der Waals surface area (Å²) in [6.07, 6.45) is 0. The fraction of sp³-hybridized carbons (Fsp3) is 0.375. The molecule has 0 spiro atoms. The van der Waals surface area contributed by atoms with Gasteiger partial charge in [0.15, 0.2) is 0 Å². The van der Waals surface area contributed by atoms with Gasteiger partial charge < -0.3 is 14.8 Å². The summed E-state index contributed by atoms with van der Waals surface area (Å²) < 4.78 is 9.90. The van der Waals surface area contributed by atoms with Gasteiger partial charge in [0.05, 0.1) is 31.9 Å². The van der Waals surface area contributed by atoms with Gasteiger partial charge in [-0.3, -0.25) is 4.90 Å². The normalized spacial score (nSPS) is 17.8. The molecule has 1 atom stereocenters. The number of urea groups is 1. The van der Waals surface area contributed by atoms with Gasteiger partial charge in [0.25, 0.3) is 0 Å². The average Bonchev–Trinajstić information content (AvgIpc) is 2.53. The Morgan fingerprint density at radius 1 is 1.33 bits per heavy atom. The van der Waals surface area contributed by atoms with Crippen molar-refractivity contribution >= 4 is 35.2 Å². The van der Waals surface area contributed by atoms with Crippen molar-refractivity contribution < 1.29 is 19.1 Å². The van der Waals surface area contributed by atoms with E-state index in [0.717, 1.165) is 0 Å². The van der Waals surface area contributed by atoms with Crippen molar-refractivity contribution in [2.45, 2.75) is 13.0 Å². The number of halogens is 2. The minimum atomic E-state index is -0.714. The van der Waals surface area contributed by atoms with Gasteiger partial charge in [-0.1, -0.05) is 29.3 Å². The van der Waals surface area contributed by atoms with Crippen molar-refractivity contribution in [3.63, 3.8) is 0 Å². The van der Waals surface area contributed by atoms with E-state index in [9.17, 15) is 9.59 Å². The highest BCUT2D eigenvalue weighted by molar-refractivity contribution is 6.35. The quantitative estimate of drug-likeness (QED) is 0.806. The zero-order valence-electron chi connectivity index (χ0n) is 13.6. The molecule has 2 amide bonds. The number of allylic oxidation sites excluding steroid dienone is 1. The van der Waals surface area contributed by atoms with Crippen molar-refractivity contribution in [1.82, 2.24) is 10.2 Å². The van der Waals surface area contributed by atoms with Crippen LogP contribution in [0.2, 0.25) is 10.0 Å². The van der Waals surface area contributed by atoms with Gasteiger partial charge in [0, 0.05) is 22.9 Å². The molecule has 130 valence electrons. The van der Waals surface area contributed by atoms with E-state index in [4.69, 9.17) is 32.7 Å². The number of nitrogens with one attached hydrogen (secondary N) is 1. The SMILES string of the molecule is COCCN1C(=O)N[C@H](c2ccc(Cl)cc2Cl)C(C(=O)OC)=C1C. The van der Waals surface area contributed by atoms with E-state index in [0.29, 0.717) is 40.0 Å². The standard InChI is InChI=1S/C16H18Cl2N2O4/c1-9-13(15(21)24-3)14(11-5-4-10(17)8-12(11)18)19-16(22)20(9)6-7-23-2/h4-5,8,14H,6-7H2,1-3H3,(H,19,22)/t14-/m1/s1. The van der Waals surface area contributed by atoms with Crippen LogP contribution < -0.4 is 5.32 Å². The average molecular weight is 373 g/mol. The Labute approximate surface area is 150 Å². The number of hydrogen-bond acceptors (Lipinski definition) is 4. The van der Waals surface area contributed by atoms with Crippen molar-refractivity contribution in [1.29, 1.82) is 0 Å². The molecular weight excluding hydrogens is 355 g/mol. The fourth-order valence-electron chi connectivity index (χ4n) is 2.58. The lowest BCUT2D eigenvalue weighted by atomic mass is 9.95. The molecular formula is C16H18Cl2N2O4. The fourth-order valence-corrected chi connectivity index (χ4v) is 3.09. The van der Waals surface area contributed by atoms with Gasteiger partial charge in [0.2, 0.25) is 0 Å². The van der Waals surface area contributed by atoms with Crippen LogP contribution in [0.1, 0.15) is 18.5 Å². The molecule has 0 aliphatic carbocycles. The summed E-state index contributed by atoms with van der Waals surface area (Å²) in [5, 5.41) is 3.61. The molecule has 1 aromatic rings. The first-order chi connectivity index (χ1) is 11.4. The predicted octanol–water partition coefficient (Wildman–Crippen LogP) is 3.15. The molecule has 0 bridgehead atoms. The number of amides is 2. The van der Waals surface area contributed by atoms with Gasteiger partial charge in [0.1, 0.15) is 0 Å². The maximum absolute atomic E-state index is 12.4. The predicted molar refractivity (Wildman–Crippen MR) is 91.0 cm³/mol. The number of carbonyl (C=O) groups is 2. The minimum Gasteiger partial charge on any atom is -0.466 e. The third-order valence-corrected chi connectivity index (χ3v) is 4.36. The van der Waals surface area contributed by atoms with Crippen molar-refractivity contribution in [3.8, 4) is 0 Å². The lowest BCUT2D eigenvalue weighted by Crippen LogP contribution is -2.49. The van der Waals surface area contributed by atoms with Crippen LogP contribution in [0.3, 0.4) is 0 Å². The van der Waals surface area contributed by atoms with E-state index in [-0.39, 0.29) is 6.03 Å². The summed E-state index contributed by atoms with van der Waals surface area (Å²) in [7, 11) is 2.83. The number of esters is 1. The molecule has 8 heteroatoms. The Balaban J connectivity index is 2.52. The number of benzene rings is 1. The molecule has 0 fully saturated rings. The summed E-state index contributed by atoms with van der Waals surface area (Å²) in [5.41, 5.74) is 1.39. The number of ether oxygens (including phenoxy) is 2. The molecule has 1 N–H and O–H groups in total. The second-order valence-corrected chi connectivity index (χ2v) is 6.03. The molecule has 2 rings (SSSR count). The molecule has 6 nitrogen and oxygen atoms in total. The third-order valence-electron chi connectivity index (χ3n) is 3.79. The molecule has 1 aliphatic rings. The maximum atomic E-state index is 12.4. The van der Waals surface area contributed by atoms with Gasteiger partial charge in [-0.25, -0.2) is 9.59 Å². The van der Waals surface area contributed by atoms with Crippen LogP contribution in [0, 0.1) is 0 Å². The molecule has 0 aromatic heterocycles. The number of nitrogens with zero attached hydrogens (tertiary/aromatic N) is 1. The van der Waals surface area contributed by atoms with Gasteiger partial charge in [-0.05, 0) is 24.6 Å². The molecule has 1 aliphatic heterocycles. The van der Waals surface area contributed by atoms with Crippen LogP contribution in [0.4, 0.5) is 4.79 Å². The van der Waals surface area contributed by atoms with Crippen LogP contribution in [-0.2, 0) is 14.3 Å². The van der Waals surface area contributed by atoms with Crippen molar-refractivity contribution in [3.05, 3.63) is 45.1 Å². The molecule has 1 aromatic carbocycles. The smallest absolute Gasteiger partial charge is 0.337 e. The lowest BCUT2D eigenvalue weighted by molar-refractivity contribution is -0.136. The summed E-state index contributed by atoms with van der Waals surface area (Å²) >= 11 is 12.2. The Morgan fingerprint density at radius 2 is 2.04 bits per heavy atom. The van der Waals surface area contributed by atoms with E-state index >= 15 is 0 Å². The maximum Gasteiger partial charge on any atom is 0.337 e. The monoisotopic (exact) mass is 372 g/mol. The summed E-state index contributed by atoms with van der Waals surface area (Å²) in [6, 6.07) is 3.83. The van der Waals surface area contributed by atoms with Gasteiger partial charge in [-0.15, -0.1) is 0 Å². The zero-order valence-corrected chi connectivity index (χ0v) is 15.1. The molecule has 0 unspecified atom stereocenters. The highest BCUT2D eigenvalue weighted by Crippen LogP contribution is 2.35. The van der Waals surface area contributed by atoms with Crippen molar-refractivity contribution in [2.24, 2.45) is 0 Å².